The van der Waals surface area contributed by atoms with Gasteiger partial charge in [0, 0.05) is 0 Å². The van der Waals surface area contributed by atoms with Crippen LogP contribution in [0.15, 0.2) is 75.3 Å². The topological polar surface area (TPSA) is 34.0 Å². The van der Waals surface area contributed by atoms with E-state index in [1.807, 2.05) is 84.3 Å². The van der Waals surface area contributed by atoms with Crippen LogP contribution in [0.4, 0.5) is 5.69 Å². The van der Waals surface area contributed by atoms with E-state index in [1.54, 1.807) is 0 Å². The maximum atomic E-state index is 5.74. The largest absolute Gasteiger partial charge is 0.457 e. The van der Waals surface area contributed by atoms with Gasteiger partial charge in [-0.25, -0.2) is 0 Å². The summed E-state index contributed by atoms with van der Waals surface area (Å²) in [7, 11) is 0. The number of benzene rings is 2. The molecule has 3 nitrogen and oxygen atoms in total. The molecule has 1 aliphatic heterocycles. The Morgan fingerprint density at radius 1 is 0.864 bits per heavy atom. The van der Waals surface area contributed by atoms with Crippen LogP contribution in [0.1, 0.15) is 6.42 Å². The summed E-state index contributed by atoms with van der Waals surface area (Å²) in [6, 6.07) is 17.3. The highest BCUT2D eigenvalue weighted by molar-refractivity contribution is 8.22. The van der Waals surface area contributed by atoms with Gasteiger partial charge in [-0.05, 0) is 54.3 Å². The molecule has 0 bridgehead atoms. The van der Waals surface area contributed by atoms with Crippen LogP contribution in [0.2, 0.25) is 0 Å². The highest BCUT2D eigenvalue weighted by Crippen LogP contribution is 2.34. The molecule has 3 rings (SSSR count). The Balaban J connectivity index is 1.59. The monoisotopic (exact) mass is 328 g/mol. The van der Waals surface area contributed by atoms with Gasteiger partial charge >= 0.3 is 0 Å². The Hall–Kier alpha value is -1.72. The number of ether oxygens (including phenoxy) is 1. The van der Waals surface area contributed by atoms with Crippen LogP contribution >= 0.6 is 23.5 Å². The van der Waals surface area contributed by atoms with E-state index in [1.165, 1.54) is 22.2 Å². The smallest absolute Gasteiger partial charge is 0.127 e. The Bertz CT molecular complexity index is 646. The van der Waals surface area contributed by atoms with Gasteiger partial charge in [-0.1, -0.05) is 18.2 Å². The Labute approximate surface area is 138 Å². The van der Waals surface area contributed by atoms with E-state index in [-0.39, 0.29) is 0 Å². The van der Waals surface area contributed by atoms with Crippen molar-refractivity contribution in [3.8, 4) is 11.5 Å². The van der Waals surface area contributed by atoms with Crippen molar-refractivity contribution < 1.29 is 4.74 Å². The van der Waals surface area contributed by atoms with E-state index >= 15 is 0 Å². The van der Waals surface area contributed by atoms with Gasteiger partial charge in [-0.3, -0.25) is 0 Å². The fourth-order valence-electron chi connectivity index (χ4n) is 1.87. The Kier molecular flexibility index (Phi) is 5.56. The molecule has 5 heteroatoms. The molecule has 1 heterocycles. The minimum Gasteiger partial charge on any atom is -0.457 e. The summed E-state index contributed by atoms with van der Waals surface area (Å²) < 4.78 is 6.99. The standard InChI is InChI=1S/C17H16N2OS2/c1-2-5-15(6-3-1)20-16-9-7-14(8-10-16)19-18-13-17-21-11-4-12-22-17/h1-3,5-10,13H,4,11-12H2. The van der Waals surface area contributed by atoms with E-state index in [4.69, 9.17) is 4.74 Å². The summed E-state index contributed by atoms with van der Waals surface area (Å²) in [5.74, 6) is 3.98. The maximum absolute atomic E-state index is 5.74. The zero-order valence-electron chi connectivity index (χ0n) is 12.0. The third-order valence-corrected chi connectivity index (χ3v) is 5.40. The number of para-hydroxylation sites is 1. The lowest BCUT2D eigenvalue weighted by molar-refractivity contribution is 0.483. The minimum atomic E-state index is 0.793. The van der Waals surface area contributed by atoms with Crippen LogP contribution in [0.25, 0.3) is 0 Å². The predicted octanol–water partition coefficient (Wildman–Crippen LogP) is 6.23. The van der Waals surface area contributed by atoms with Gasteiger partial charge in [0.1, 0.15) is 11.5 Å². The number of hydrogen-bond donors (Lipinski definition) is 0. The third-order valence-electron chi connectivity index (χ3n) is 2.93. The Morgan fingerprint density at radius 3 is 2.27 bits per heavy atom. The average Bonchev–Trinajstić information content (AvgIpc) is 2.58. The molecule has 0 N–H and O–H groups in total. The lowest BCUT2D eigenvalue weighted by Crippen LogP contribution is -1.90. The van der Waals surface area contributed by atoms with Crippen LogP contribution in [0.3, 0.4) is 0 Å². The van der Waals surface area contributed by atoms with Crippen molar-refractivity contribution in [2.45, 2.75) is 6.42 Å². The molecular formula is C17H16N2OS2. The van der Waals surface area contributed by atoms with Crippen molar-refractivity contribution in [2.75, 3.05) is 11.5 Å². The first-order chi connectivity index (χ1) is 10.9. The number of rotatable bonds is 4. The van der Waals surface area contributed by atoms with Crippen LogP contribution in [-0.4, -0.2) is 11.5 Å². The molecule has 0 unspecified atom stereocenters. The van der Waals surface area contributed by atoms with Crippen molar-refractivity contribution in [2.24, 2.45) is 10.2 Å². The van der Waals surface area contributed by atoms with Crippen molar-refractivity contribution in [3.05, 3.63) is 65.0 Å². The number of nitrogens with zero attached hydrogens (tertiary/aromatic N) is 2. The van der Waals surface area contributed by atoms with Gasteiger partial charge in [0.05, 0.1) is 16.1 Å². The highest BCUT2D eigenvalue weighted by Gasteiger charge is 2.05. The molecule has 0 aliphatic carbocycles. The van der Waals surface area contributed by atoms with Crippen LogP contribution < -0.4 is 4.74 Å². The zero-order valence-corrected chi connectivity index (χ0v) is 13.6. The molecule has 0 aromatic heterocycles. The average molecular weight is 328 g/mol. The molecule has 1 aliphatic rings. The molecule has 2 aromatic rings. The fraction of sp³-hybridized carbons (Fsp3) is 0.176. The first-order valence-corrected chi connectivity index (χ1v) is 9.07. The molecule has 0 radical (unpaired) electrons. The lowest BCUT2D eigenvalue weighted by atomic mass is 10.3. The van der Waals surface area contributed by atoms with E-state index in [0.717, 1.165) is 17.2 Å². The molecule has 0 atom stereocenters. The molecule has 1 fully saturated rings. The third kappa shape index (κ3) is 4.64. The summed E-state index contributed by atoms with van der Waals surface area (Å²) in [5, 5.41) is 8.37. The van der Waals surface area contributed by atoms with E-state index < -0.39 is 0 Å². The maximum Gasteiger partial charge on any atom is 0.127 e. The SMILES string of the molecule is C(N=Nc1ccc(Oc2ccccc2)cc1)=C1SCCCS1. The van der Waals surface area contributed by atoms with E-state index in [0.29, 0.717) is 0 Å². The van der Waals surface area contributed by atoms with Crippen molar-refractivity contribution >= 4 is 29.2 Å². The van der Waals surface area contributed by atoms with Gasteiger partial charge in [-0.2, -0.15) is 10.2 Å². The summed E-state index contributed by atoms with van der Waals surface area (Å²) in [4.78, 5) is 0. The van der Waals surface area contributed by atoms with Crippen LogP contribution in [-0.2, 0) is 0 Å². The summed E-state index contributed by atoms with van der Waals surface area (Å²) >= 11 is 3.70. The number of hydrogen-bond acceptors (Lipinski definition) is 5. The second kappa shape index (κ2) is 8.06. The molecular weight excluding hydrogens is 312 g/mol. The Morgan fingerprint density at radius 2 is 1.55 bits per heavy atom. The molecule has 112 valence electrons. The fourth-order valence-corrected chi connectivity index (χ4v) is 4.11. The predicted molar refractivity (Wildman–Crippen MR) is 95.1 cm³/mol. The first kappa shape index (κ1) is 15.2. The lowest BCUT2D eigenvalue weighted by Gasteiger charge is -2.10. The quantitative estimate of drug-likeness (QED) is 0.624. The summed E-state index contributed by atoms with van der Waals surface area (Å²) in [5.41, 5.74) is 0.822. The number of azo groups is 1. The van der Waals surface area contributed by atoms with Crippen LogP contribution in [0.5, 0.6) is 11.5 Å². The molecule has 2 aromatic carbocycles. The highest BCUT2D eigenvalue weighted by atomic mass is 32.2. The summed E-state index contributed by atoms with van der Waals surface area (Å²) in [6.07, 6.45) is 3.12. The van der Waals surface area contributed by atoms with Crippen molar-refractivity contribution in [3.63, 3.8) is 0 Å². The van der Waals surface area contributed by atoms with Crippen molar-refractivity contribution in [1.29, 1.82) is 0 Å². The second-order valence-corrected chi connectivity index (χ2v) is 7.16. The van der Waals surface area contributed by atoms with Gasteiger partial charge in [0.25, 0.3) is 0 Å². The molecule has 0 saturated carbocycles. The molecule has 22 heavy (non-hydrogen) atoms. The zero-order chi connectivity index (χ0) is 15.0. The first-order valence-electron chi connectivity index (χ1n) is 7.10. The molecule has 1 saturated heterocycles. The minimum absolute atomic E-state index is 0.793. The molecule has 0 amide bonds. The van der Waals surface area contributed by atoms with Gasteiger partial charge in [-0.15, -0.1) is 23.5 Å². The van der Waals surface area contributed by atoms with Gasteiger partial charge < -0.3 is 4.74 Å². The van der Waals surface area contributed by atoms with E-state index in [2.05, 4.69) is 10.2 Å². The van der Waals surface area contributed by atoms with Crippen LogP contribution in [0, 0.1) is 0 Å². The van der Waals surface area contributed by atoms with Gasteiger partial charge in [0.2, 0.25) is 0 Å². The normalized spacial score (nSPS) is 15.0. The summed E-state index contributed by atoms with van der Waals surface area (Å²) in [6.45, 7) is 0. The van der Waals surface area contributed by atoms with E-state index in [9.17, 15) is 0 Å². The van der Waals surface area contributed by atoms with Crippen molar-refractivity contribution in [1.82, 2.24) is 0 Å². The molecule has 0 spiro atoms. The van der Waals surface area contributed by atoms with Gasteiger partial charge in [0.15, 0.2) is 0 Å². The second-order valence-electron chi connectivity index (χ2n) is 4.62. The number of thioether (sulfide) groups is 2.